The number of rotatable bonds is 8. The fraction of sp³-hybridized carbons (Fsp3) is 0.263. The summed E-state index contributed by atoms with van der Waals surface area (Å²) >= 11 is 0. The molecule has 0 spiro atoms. The number of alkyl carbamates (subject to hydrolysis) is 1. The molecule has 0 fully saturated rings. The van der Waals surface area contributed by atoms with E-state index in [1.807, 2.05) is 18.2 Å². The number of hydrogen-bond acceptors (Lipinski definition) is 6. The minimum absolute atomic E-state index is 0.00982. The third kappa shape index (κ3) is 5.04. The molecule has 2 aromatic carbocycles. The van der Waals surface area contributed by atoms with E-state index in [-0.39, 0.29) is 23.7 Å². The number of carbonyl (C=O) groups excluding carboxylic acids is 1. The summed E-state index contributed by atoms with van der Waals surface area (Å²) in [5.41, 5.74) is 0.920. The van der Waals surface area contributed by atoms with Crippen LogP contribution in [0.25, 0.3) is 0 Å². The zero-order valence-corrected chi connectivity index (χ0v) is 15.2. The number of carboxylic acids is 1. The molecule has 0 aromatic heterocycles. The predicted octanol–water partition coefficient (Wildman–Crippen LogP) is 2.76. The first kappa shape index (κ1) is 19.9. The van der Waals surface area contributed by atoms with Crippen molar-refractivity contribution in [3.8, 4) is 17.2 Å². The van der Waals surface area contributed by atoms with E-state index in [9.17, 15) is 14.7 Å². The summed E-state index contributed by atoms with van der Waals surface area (Å²) in [5.74, 6) is -0.486. The summed E-state index contributed by atoms with van der Waals surface area (Å²) < 4.78 is 20.8. The molecule has 0 bridgehead atoms. The van der Waals surface area contributed by atoms with Crippen molar-refractivity contribution in [2.45, 2.75) is 12.6 Å². The van der Waals surface area contributed by atoms with Gasteiger partial charge in [0.15, 0.2) is 6.04 Å². The SMILES string of the molecule is COc1cc(OC)c(C(NC(=O)OCc2ccccc2)C(=O)O)c(OC)c1. The van der Waals surface area contributed by atoms with E-state index in [4.69, 9.17) is 18.9 Å². The number of carboxylic acid groups (broad SMARTS) is 1. The maximum atomic E-state index is 12.1. The molecule has 1 atom stereocenters. The highest BCUT2D eigenvalue weighted by Gasteiger charge is 2.30. The van der Waals surface area contributed by atoms with E-state index >= 15 is 0 Å². The summed E-state index contributed by atoms with van der Waals surface area (Å²) in [5, 5.41) is 11.9. The second kappa shape index (κ2) is 9.33. The van der Waals surface area contributed by atoms with E-state index in [0.29, 0.717) is 5.75 Å². The van der Waals surface area contributed by atoms with E-state index < -0.39 is 18.1 Å². The second-order valence-corrected chi connectivity index (χ2v) is 5.42. The summed E-state index contributed by atoms with van der Waals surface area (Å²) in [6, 6.07) is 10.6. The molecule has 0 heterocycles. The smallest absolute Gasteiger partial charge is 0.408 e. The van der Waals surface area contributed by atoms with Gasteiger partial charge in [-0.1, -0.05) is 30.3 Å². The van der Waals surface area contributed by atoms with Crippen molar-refractivity contribution in [1.82, 2.24) is 5.32 Å². The van der Waals surface area contributed by atoms with E-state index in [0.717, 1.165) is 5.56 Å². The molecule has 2 N–H and O–H groups in total. The minimum atomic E-state index is -1.44. The van der Waals surface area contributed by atoms with Crippen LogP contribution in [-0.4, -0.2) is 38.5 Å². The maximum Gasteiger partial charge on any atom is 0.408 e. The number of ether oxygens (including phenoxy) is 4. The molecular weight excluding hydrogens is 354 g/mol. The average Bonchev–Trinajstić information content (AvgIpc) is 2.70. The normalized spacial score (nSPS) is 11.2. The summed E-state index contributed by atoms with van der Waals surface area (Å²) in [7, 11) is 4.22. The van der Waals surface area contributed by atoms with Crippen molar-refractivity contribution in [2.75, 3.05) is 21.3 Å². The number of carbonyl (C=O) groups is 2. The third-order valence-electron chi connectivity index (χ3n) is 3.76. The van der Waals surface area contributed by atoms with Gasteiger partial charge in [0.2, 0.25) is 0 Å². The zero-order valence-electron chi connectivity index (χ0n) is 15.2. The van der Waals surface area contributed by atoms with Gasteiger partial charge in [0.05, 0.1) is 26.9 Å². The Morgan fingerprint density at radius 2 is 1.59 bits per heavy atom. The summed E-state index contributed by atoms with van der Waals surface area (Å²) in [6.07, 6.45) is -0.883. The fourth-order valence-corrected chi connectivity index (χ4v) is 2.46. The van der Waals surface area contributed by atoms with Gasteiger partial charge < -0.3 is 29.4 Å². The number of methoxy groups -OCH3 is 3. The van der Waals surface area contributed by atoms with Crippen LogP contribution in [0.4, 0.5) is 4.79 Å². The van der Waals surface area contributed by atoms with Crippen molar-refractivity contribution in [3.63, 3.8) is 0 Å². The van der Waals surface area contributed by atoms with E-state index in [1.165, 1.54) is 33.5 Å². The van der Waals surface area contributed by atoms with Crippen LogP contribution in [0.1, 0.15) is 17.2 Å². The molecule has 0 saturated carbocycles. The largest absolute Gasteiger partial charge is 0.496 e. The van der Waals surface area contributed by atoms with Crippen LogP contribution < -0.4 is 19.5 Å². The predicted molar refractivity (Wildman–Crippen MR) is 96.2 cm³/mol. The van der Waals surface area contributed by atoms with Crippen molar-refractivity contribution in [2.24, 2.45) is 0 Å². The standard InChI is InChI=1S/C19H21NO7/c1-24-13-9-14(25-2)16(15(10-13)26-3)17(18(21)22)20-19(23)27-11-12-7-5-4-6-8-12/h4-10,17H,11H2,1-3H3,(H,20,23)(H,21,22). The Balaban J connectivity index is 2.24. The highest BCUT2D eigenvalue weighted by Crippen LogP contribution is 2.38. The topological polar surface area (TPSA) is 103 Å². The van der Waals surface area contributed by atoms with Crippen LogP contribution in [0, 0.1) is 0 Å². The molecule has 0 aliphatic heterocycles. The molecule has 8 heteroatoms. The Morgan fingerprint density at radius 1 is 1.00 bits per heavy atom. The van der Waals surface area contributed by atoms with Gasteiger partial charge in [-0.05, 0) is 5.56 Å². The van der Waals surface area contributed by atoms with Crippen molar-refractivity contribution < 1.29 is 33.6 Å². The van der Waals surface area contributed by atoms with Gasteiger partial charge in [-0.3, -0.25) is 0 Å². The molecular formula is C19H21NO7. The second-order valence-electron chi connectivity index (χ2n) is 5.42. The highest BCUT2D eigenvalue weighted by atomic mass is 16.5. The molecule has 1 unspecified atom stereocenters. The van der Waals surface area contributed by atoms with Crippen LogP contribution in [0.5, 0.6) is 17.2 Å². The fourth-order valence-electron chi connectivity index (χ4n) is 2.46. The number of benzene rings is 2. The van der Waals surface area contributed by atoms with Gasteiger partial charge in [0, 0.05) is 12.1 Å². The molecule has 8 nitrogen and oxygen atoms in total. The summed E-state index contributed by atoms with van der Waals surface area (Å²) in [4.78, 5) is 23.9. The first-order chi connectivity index (χ1) is 13.0. The lowest BCUT2D eigenvalue weighted by Gasteiger charge is -2.21. The van der Waals surface area contributed by atoms with Gasteiger partial charge in [-0.15, -0.1) is 0 Å². The van der Waals surface area contributed by atoms with E-state index in [2.05, 4.69) is 5.32 Å². The van der Waals surface area contributed by atoms with Crippen molar-refractivity contribution in [3.05, 3.63) is 53.6 Å². The van der Waals surface area contributed by atoms with Crippen LogP contribution in [0.3, 0.4) is 0 Å². The molecule has 2 rings (SSSR count). The van der Waals surface area contributed by atoms with Crippen LogP contribution >= 0.6 is 0 Å². The number of nitrogens with one attached hydrogen (secondary N) is 1. The molecule has 144 valence electrons. The van der Waals surface area contributed by atoms with Gasteiger partial charge in [0.1, 0.15) is 23.9 Å². The van der Waals surface area contributed by atoms with Crippen molar-refractivity contribution >= 4 is 12.1 Å². The maximum absolute atomic E-state index is 12.1. The lowest BCUT2D eigenvalue weighted by Crippen LogP contribution is -2.34. The number of aliphatic carboxylic acids is 1. The van der Waals surface area contributed by atoms with Crippen LogP contribution in [0.15, 0.2) is 42.5 Å². The first-order valence-corrected chi connectivity index (χ1v) is 8.00. The van der Waals surface area contributed by atoms with Gasteiger partial charge in [-0.2, -0.15) is 0 Å². The Kier molecular flexibility index (Phi) is 6.87. The Hall–Kier alpha value is -3.42. The van der Waals surface area contributed by atoms with Crippen molar-refractivity contribution in [1.29, 1.82) is 0 Å². The molecule has 1 amide bonds. The average molecular weight is 375 g/mol. The molecule has 0 aliphatic carbocycles. The van der Waals surface area contributed by atoms with Gasteiger partial charge in [-0.25, -0.2) is 9.59 Å². The quantitative estimate of drug-likeness (QED) is 0.731. The van der Waals surface area contributed by atoms with Crippen LogP contribution in [0.2, 0.25) is 0 Å². The van der Waals surface area contributed by atoms with Crippen LogP contribution in [-0.2, 0) is 16.1 Å². The summed E-state index contributed by atoms with van der Waals surface area (Å²) in [6.45, 7) is 0.00982. The molecule has 0 saturated heterocycles. The zero-order chi connectivity index (χ0) is 19.8. The Labute approximate surface area is 156 Å². The number of hydrogen-bond donors (Lipinski definition) is 2. The monoisotopic (exact) mass is 375 g/mol. The van der Waals surface area contributed by atoms with Gasteiger partial charge in [0.25, 0.3) is 0 Å². The lowest BCUT2D eigenvalue weighted by molar-refractivity contribution is -0.139. The first-order valence-electron chi connectivity index (χ1n) is 8.00. The lowest BCUT2D eigenvalue weighted by atomic mass is 10.0. The van der Waals surface area contributed by atoms with E-state index in [1.54, 1.807) is 12.1 Å². The minimum Gasteiger partial charge on any atom is -0.496 e. The number of amides is 1. The highest BCUT2D eigenvalue weighted by molar-refractivity contribution is 5.83. The third-order valence-corrected chi connectivity index (χ3v) is 3.76. The Bertz CT molecular complexity index is 767. The Morgan fingerprint density at radius 3 is 2.07 bits per heavy atom. The molecule has 0 radical (unpaired) electrons. The molecule has 2 aromatic rings. The molecule has 0 aliphatic rings. The molecule has 27 heavy (non-hydrogen) atoms. The van der Waals surface area contributed by atoms with Gasteiger partial charge >= 0.3 is 12.1 Å².